The summed E-state index contributed by atoms with van der Waals surface area (Å²) in [4.78, 5) is 29.9. The van der Waals surface area contributed by atoms with Crippen molar-refractivity contribution in [1.29, 1.82) is 0 Å². The largest absolute Gasteiger partial charge is 0.497 e. The van der Waals surface area contributed by atoms with Crippen LogP contribution in [-0.4, -0.2) is 41.8 Å². The molecule has 3 rings (SSSR count). The average molecular weight is 392 g/mol. The van der Waals surface area contributed by atoms with Gasteiger partial charge in [0.25, 0.3) is 11.8 Å². The Kier molecular flexibility index (Phi) is 6.70. The van der Waals surface area contributed by atoms with Crippen LogP contribution in [0.1, 0.15) is 37.8 Å². The third-order valence-corrected chi connectivity index (χ3v) is 5.17. The molecule has 0 spiro atoms. The molecule has 0 fully saturated rings. The first kappa shape index (κ1) is 20.6. The summed E-state index contributed by atoms with van der Waals surface area (Å²) in [5, 5.41) is 0. The predicted molar refractivity (Wildman–Crippen MR) is 114 cm³/mol. The van der Waals surface area contributed by atoms with E-state index >= 15 is 0 Å². The lowest BCUT2D eigenvalue weighted by atomic mass is 10.0. The molecule has 2 aromatic rings. The maximum absolute atomic E-state index is 13.3. The molecule has 0 unspecified atom stereocenters. The van der Waals surface area contributed by atoms with E-state index in [4.69, 9.17) is 4.74 Å². The van der Waals surface area contributed by atoms with Crippen molar-refractivity contribution in [1.82, 2.24) is 9.80 Å². The van der Waals surface area contributed by atoms with Crippen LogP contribution in [0.3, 0.4) is 0 Å². The Balaban J connectivity index is 2.04. The minimum atomic E-state index is -0.213. The molecule has 1 aliphatic rings. The number of likely N-dealkylation sites (N-methyl/N-ethyl adjacent to an activating group) is 1. The van der Waals surface area contributed by atoms with Crippen molar-refractivity contribution < 1.29 is 14.3 Å². The first-order valence-corrected chi connectivity index (χ1v) is 10.1. The number of carbonyl (C=O) groups excluding carboxylic acids is 2. The van der Waals surface area contributed by atoms with Gasteiger partial charge in [-0.2, -0.15) is 0 Å². The van der Waals surface area contributed by atoms with Crippen molar-refractivity contribution in [3.05, 3.63) is 71.4 Å². The van der Waals surface area contributed by atoms with Gasteiger partial charge >= 0.3 is 0 Å². The van der Waals surface area contributed by atoms with Crippen molar-refractivity contribution in [3.8, 4) is 5.75 Å². The van der Waals surface area contributed by atoms with Crippen LogP contribution in [-0.2, 0) is 16.1 Å². The van der Waals surface area contributed by atoms with E-state index in [9.17, 15) is 9.59 Å². The summed E-state index contributed by atoms with van der Waals surface area (Å²) in [5.74, 6) is 0.300. The highest BCUT2D eigenvalue weighted by Crippen LogP contribution is 2.33. The maximum Gasteiger partial charge on any atom is 0.277 e. The molecule has 29 heavy (non-hydrogen) atoms. The van der Waals surface area contributed by atoms with Crippen LogP contribution in [0.2, 0.25) is 0 Å². The lowest BCUT2D eigenvalue weighted by Gasteiger charge is -2.25. The Morgan fingerprint density at radius 3 is 2.21 bits per heavy atom. The van der Waals surface area contributed by atoms with Gasteiger partial charge in [0.15, 0.2) is 0 Å². The monoisotopic (exact) mass is 392 g/mol. The zero-order chi connectivity index (χ0) is 20.8. The van der Waals surface area contributed by atoms with Crippen molar-refractivity contribution in [2.24, 2.45) is 0 Å². The Morgan fingerprint density at radius 2 is 1.62 bits per heavy atom. The average Bonchev–Trinajstić information content (AvgIpc) is 3.01. The predicted octanol–water partition coefficient (Wildman–Crippen LogP) is 4.10. The maximum atomic E-state index is 13.3. The van der Waals surface area contributed by atoms with Crippen molar-refractivity contribution >= 4 is 17.4 Å². The summed E-state index contributed by atoms with van der Waals surface area (Å²) in [6, 6.07) is 17.3. The van der Waals surface area contributed by atoms with Gasteiger partial charge in [-0.3, -0.25) is 14.5 Å². The number of hydrogen-bond acceptors (Lipinski definition) is 4. The molecule has 5 heteroatoms. The molecule has 0 atom stereocenters. The number of carbonyl (C=O) groups is 2. The van der Waals surface area contributed by atoms with E-state index in [-0.39, 0.29) is 11.8 Å². The number of methoxy groups -OCH3 is 1. The van der Waals surface area contributed by atoms with Gasteiger partial charge in [0, 0.05) is 19.6 Å². The quantitative estimate of drug-likeness (QED) is 0.603. The smallest absolute Gasteiger partial charge is 0.277 e. The van der Waals surface area contributed by atoms with E-state index in [0.717, 1.165) is 24.0 Å². The highest BCUT2D eigenvalue weighted by atomic mass is 16.5. The molecule has 0 N–H and O–H groups in total. The summed E-state index contributed by atoms with van der Waals surface area (Å²) in [5.41, 5.74) is 2.81. The Morgan fingerprint density at radius 1 is 0.931 bits per heavy atom. The molecule has 5 nitrogen and oxygen atoms in total. The third-order valence-electron chi connectivity index (χ3n) is 5.17. The zero-order valence-electron chi connectivity index (χ0n) is 17.4. The van der Waals surface area contributed by atoms with E-state index in [1.807, 2.05) is 66.4 Å². The molecule has 0 bridgehead atoms. The molecule has 2 aromatic carbocycles. The van der Waals surface area contributed by atoms with Crippen molar-refractivity contribution in [2.45, 2.75) is 33.2 Å². The molecule has 0 saturated carbocycles. The minimum absolute atomic E-state index is 0.202. The molecule has 0 saturated heterocycles. The van der Waals surface area contributed by atoms with E-state index in [0.29, 0.717) is 36.7 Å². The molecule has 152 valence electrons. The Labute approximate surface area is 172 Å². The highest BCUT2D eigenvalue weighted by Gasteiger charge is 2.40. The number of nitrogens with zero attached hydrogens (tertiary/aromatic N) is 2. The highest BCUT2D eigenvalue weighted by molar-refractivity contribution is 6.35. The van der Waals surface area contributed by atoms with E-state index < -0.39 is 0 Å². The second-order valence-electron chi connectivity index (χ2n) is 7.07. The first-order valence-electron chi connectivity index (χ1n) is 10.1. The number of amides is 2. The number of rotatable bonds is 9. The Bertz CT molecular complexity index is 888. The van der Waals surface area contributed by atoms with Gasteiger partial charge in [-0.1, -0.05) is 55.8 Å². The van der Waals surface area contributed by atoms with Gasteiger partial charge in [0.05, 0.1) is 12.7 Å². The fourth-order valence-corrected chi connectivity index (χ4v) is 3.55. The van der Waals surface area contributed by atoms with Crippen LogP contribution < -0.4 is 4.74 Å². The topological polar surface area (TPSA) is 49.9 Å². The molecule has 0 aromatic heterocycles. The third kappa shape index (κ3) is 4.34. The first-order chi connectivity index (χ1) is 14.1. The van der Waals surface area contributed by atoms with Gasteiger partial charge in [0.1, 0.15) is 11.4 Å². The molecule has 0 aliphatic carbocycles. The van der Waals surface area contributed by atoms with Crippen LogP contribution in [0.5, 0.6) is 5.75 Å². The van der Waals surface area contributed by atoms with Crippen molar-refractivity contribution in [2.75, 3.05) is 20.2 Å². The fourth-order valence-electron chi connectivity index (χ4n) is 3.55. The van der Waals surface area contributed by atoms with Crippen LogP contribution in [0.4, 0.5) is 0 Å². The molecule has 1 aliphatic heterocycles. The summed E-state index contributed by atoms with van der Waals surface area (Å²) in [6.45, 7) is 5.71. The van der Waals surface area contributed by atoms with Crippen LogP contribution in [0.25, 0.3) is 5.57 Å². The van der Waals surface area contributed by atoms with Crippen LogP contribution in [0.15, 0.2) is 60.3 Å². The van der Waals surface area contributed by atoms with Crippen LogP contribution >= 0.6 is 0 Å². The molecular weight excluding hydrogens is 364 g/mol. The van der Waals surface area contributed by atoms with Gasteiger partial charge in [0.2, 0.25) is 0 Å². The molecule has 0 radical (unpaired) electrons. The number of ether oxygens (including phenoxy) is 1. The summed E-state index contributed by atoms with van der Waals surface area (Å²) >= 11 is 0. The number of imide groups is 1. The van der Waals surface area contributed by atoms with Gasteiger partial charge in [-0.25, -0.2) is 0 Å². The number of hydrogen-bond donors (Lipinski definition) is 0. The summed E-state index contributed by atoms with van der Waals surface area (Å²) < 4.78 is 5.24. The van der Waals surface area contributed by atoms with E-state index in [2.05, 4.69) is 6.92 Å². The lowest BCUT2D eigenvalue weighted by molar-refractivity contribution is -0.137. The molecular formula is C24H28N2O3. The van der Waals surface area contributed by atoms with Crippen LogP contribution in [0, 0.1) is 0 Å². The van der Waals surface area contributed by atoms with E-state index in [1.165, 1.54) is 4.90 Å². The second kappa shape index (κ2) is 9.41. The van der Waals surface area contributed by atoms with E-state index in [1.54, 1.807) is 7.11 Å². The fraction of sp³-hybridized carbons (Fsp3) is 0.333. The van der Waals surface area contributed by atoms with Gasteiger partial charge in [-0.15, -0.1) is 0 Å². The SMILES string of the molecule is CCCCN1C(=O)C(c2ccc(OC)cc2)=C(N(CC)Cc2ccccc2)C1=O. The lowest BCUT2D eigenvalue weighted by Crippen LogP contribution is -2.35. The summed E-state index contributed by atoms with van der Waals surface area (Å²) in [7, 11) is 1.61. The summed E-state index contributed by atoms with van der Waals surface area (Å²) in [6.07, 6.45) is 1.72. The van der Waals surface area contributed by atoms with Gasteiger partial charge in [-0.05, 0) is 36.6 Å². The number of benzene rings is 2. The Hall–Kier alpha value is -3.08. The van der Waals surface area contributed by atoms with Gasteiger partial charge < -0.3 is 9.64 Å². The molecule has 2 amide bonds. The minimum Gasteiger partial charge on any atom is -0.497 e. The van der Waals surface area contributed by atoms with Crippen molar-refractivity contribution in [3.63, 3.8) is 0 Å². The number of unbranched alkanes of at least 4 members (excludes halogenated alkanes) is 1. The zero-order valence-corrected chi connectivity index (χ0v) is 17.4. The standard InChI is InChI=1S/C24H28N2O3/c1-4-6-16-26-23(27)21(19-12-14-20(29-3)15-13-19)22(24(26)28)25(5-2)17-18-10-8-7-9-11-18/h7-15H,4-6,16-17H2,1-3H3. The molecule has 1 heterocycles. The second-order valence-corrected chi connectivity index (χ2v) is 7.07. The normalized spacial score (nSPS) is 14.0.